The van der Waals surface area contributed by atoms with Crippen LogP contribution >= 0.6 is 0 Å². The lowest BCUT2D eigenvalue weighted by molar-refractivity contribution is -0.142. The Morgan fingerprint density at radius 1 is 1.47 bits per heavy atom. The first-order valence-electron chi connectivity index (χ1n) is 5.42. The van der Waals surface area contributed by atoms with Crippen molar-refractivity contribution in [2.24, 2.45) is 0 Å². The lowest BCUT2D eigenvalue weighted by Gasteiger charge is -2.14. The monoisotopic (exact) mass is 264 g/mol. The zero-order chi connectivity index (χ0) is 13.7. The van der Waals surface area contributed by atoms with E-state index in [4.69, 9.17) is 0 Å². The second-order valence-electron chi connectivity index (χ2n) is 3.69. The van der Waals surface area contributed by atoms with Crippen LogP contribution in [0.3, 0.4) is 0 Å². The molecular weight excluding hydrogens is 252 g/mol. The molecule has 2 heterocycles. The fraction of sp³-hybridized carbons (Fsp3) is 0.300. The summed E-state index contributed by atoms with van der Waals surface area (Å²) in [5.41, 5.74) is 0.800. The molecule has 0 fully saturated rings. The first-order chi connectivity index (χ1) is 9.20. The number of aromatic amines is 2. The van der Waals surface area contributed by atoms with E-state index in [1.54, 1.807) is 6.20 Å². The quantitative estimate of drug-likeness (QED) is 0.597. The first-order valence-corrected chi connectivity index (χ1v) is 5.42. The van der Waals surface area contributed by atoms with Gasteiger partial charge in [-0.2, -0.15) is 15.4 Å². The standard InChI is InChI=1S/C10H12N6O3/c1-19-10(18)7(2-6-3-11-5-12-6)14-9(17)8-4-13-16-15-8/h3-5,7H,2H2,1H3,(H,11,12)(H,14,17)(H,13,15,16)/t7-/m0/s1. The van der Waals surface area contributed by atoms with Crippen molar-refractivity contribution in [1.82, 2.24) is 30.7 Å². The Labute approximate surface area is 107 Å². The fourth-order valence-corrected chi connectivity index (χ4v) is 1.49. The number of hydrogen-bond donors (Lipinski definition) is 3. The van der Waals surface area contributed by atoms with Gasteiger partial charge in [0, 0.05) is 18.3 Å². The molecule has 2 aromatic rings. The van der Waals surface area contributed by atoms with Crippen molar-refractivity contribution in [3.8, 4) is 0 Å². The number of nitrogens with zero attached hydrogens (tertiary/aromatic N) is 3. The van der Waals surface area contributed by atoms with Crippen LogP contribution in [0.25, 0.3) is 0 Å². The summed E-state index contributed by atoms with van der Waals surface area (Å²) in [5, 5.41) is 12.0. The van der Waals surface area contributed by atoms with Crippen LogP contribution < -0.4 is 5.32 Å². The molecule has 2 aromatic heterocycles. The van der Waals surface area contributed by atoms with E-state index in [9.17, 15) is 9.59 Å². The highest BCUT2D eigenvalue weighted by Gasteiger charge is 2.24. The molecule has 100 valence electrons. The molecular formula is C10H12N6O3. The van der Waals surface area contributed by atoms with Crippen molar-refractivity contribution < 1.29 is 14.3 Å². The molecule has 9 heteroatoms. The van der Waals surface area contributed by atoms with Gasteiger partial charge in [0.15, 0.2) is 5.69 Å². The van der Waals surface area contributed by atoms with E-state index in [-0.39, 0.29) is 12.1 Å². The smallest absolute Gasteiger partial charge is 0.328 e. The number of carbonyl (C=O) groups is 2. The van der Waals surface area contributed by atoms with Crippen LogP contribution in [0.4, 0.5) is 0 Å². The number of ether oxygens (including phenoxy) is 1. The molecule has 0 aliphatic rings. The maximum Gasteiger partial charge on any atom is 0.328 e. The van der Waals surface area contributed by atoms with Crippen molar-refractivity contribution >= 4 is 11.9 Å². The van der Waals surface area contributed by atoms with Crippen LogP contribution in [-0.2, 0) is 16.0 Å². The highest BCUT2D eigenvalue weighted by Crippen LogP contribution is 2.02. The lowest BCUT2D eigenvalue weighted by atomic mass is 10.1. The summed E-state index contributed by atoms with van der Waals surface area (Å²) in [6, 6.07) is -0.824. The third kappa shape index (κ3) is 3.15. The van der Waals surface area contributed by atoms with Gasteiger partial charge in [0.25, 0.3) is 5.91 Å². The van der Waals surface area contributed by atoms with E-state index in [1.807, 2.05) is 0 Å². The second kappa shape index (κ2) is 5.76. The van der Waals surface area contributed by atoms with Gasteiger partial charge in [-0.3, -0.25) is 4.79 Å². The number of carbonyl (C=O) groups excluding carboxylic acids is 2. The summed E-state index contributed by atoms with van der Waals surface area (Å²) in [6.45, 7) is 0. The van der Waals surface area contributed by atoms with Gasteiger partial charge in [-0.25, -0.2) is 9.78 Å². The van der Waals surface area contributed by atoms with Crippen molar-refractivity contribution in [2.75, 3.05) is 7.11 Å². The molecule has 0 saturated heterocycles. The van der Waals surface area contributed by atoms with E-state index in [1.165, 1.54) is 19.6 Å². The molecule has 9 nitrogen and oxygen atoms in total. The summed E-state index contributed by atoms with van der Waals surface area (Å²) in [7, 11) is 1.25. The van der Waals surface area contributed by atoms with E-state index >= 15 is 0 Å². The zero-order valence-electron chi connectivity index (χ0n) is 10.1. The Bertz CT molecular complexity index is 536. The van der Waals surface area contributed by atoms with Crippen molar-refractivity contribution in [2.45, 2.75) is 12.5 Å². The maximum atomic E-state index is 11.8. The van der Waals surface area contributed by atoms with E-state index in [0.29, 0.717) is 5.69 Å². The summed E-state index contributed by atoms with van der Waals surface area (Å²) >= 11 is 0. The Balaban J connectivity index is 2.06. The van der Waals surface area contributed by atoms with Gasteiger partial charge in [0.1, 0.15) is 6.04 Å². The third-order valence-corrected chi connectivity index (χ3v) is 2.42. The minimum atomic E-state index is -0.824. The number of esters is 1. The van der Waals surface area contributed by atoms with Gasteiger partial charge in [0.05, 0.1) is 19.6 Å². The molecule has 19 heavy (non-hydrogen) atoms. The Kier molecular flexibility index (Phi) is 3.86. The van der Waals surface area contributed by atoms with Crippen molar-refractivity contribution in [3.05, 3.63) is 30.1 Å². The van der Waals surface area contributed by atoms with E-state index < -0.39 is 17.9 Å². The van der Waals surface area contributed by atoms with Crippen LogP contribution in [0.5, 0.6) is 0 Å². The van der Waals surface area contributed by atoms with Gasteiger partial charge >= 0.3 is 5.97 Å². The largest absolute Gasteiger partial charge is 0.467 e. The van der Waals surface area contributed by atoms with Gasteiger partial charge in [-0.1, -0.05) is 0 Å². The number of hydrogen-bond acceptors (Lipinski definition) is 6. The summed E-state index contributed by atoms with van der Waals surface area (Å²) in [6.07, 6.45) is 4.57. The molecule has 1 atom stereocenters. The Morgan fingerprint density at radius 2 is 2.32 bits per heavy atom. The van der Waals surface area contributed by atoms with E-state index in [0.717, 1.165) is 0 Å². The number of nitrogens with one attached hydrogen (secondary N) is 3. The lowest BCUT2D eigenvalue weighted by Crippen LogP contribution is -2.43. The van der Waals surface area contributed by atoms with Gasteiger partial charge < -0.3 is 15.0 Å². The predicted molar refractivity (Wildman–Crippen MR) is 61.9 cm³/mol. The summed E-state index contributed by atoms with van der Waals surface area (Å²) in [5.74, 6) is -1.06. The average Bonchev–Trinajstić information content (AvgIpc) is 3.09. The topological polar surface area (TPSA) is 126 Å². The van der Waals surface area contributed by atoms with Gasteiger partial charge in [0.2, 0.25) is 0 Å². The summed E-state index contributed by atoms with van der Waals surface area (Å²) in [4.78, 5) is 30.1. The number of amides is 1. The molecule has 0 radical (unpaired) electrons. The molecule has 0 aromatic carbocycles. The van der Waals surface area contributed by atoms with Crippen LogP contribution in [-0.4, -0.2) is 50.4 Å². The molecule has 1 amide bonds. The van der Waals surface area contributed by atoms with Crippen LogP contribution in [0.1, 0.15) is 16.2 Å². The number of imidazole rings is 1. The molecule has 0 bridgehead atoms. The maximum absolute atomic E-state index is 11.8. The molecule has 0 aliphatic heterocycles. The molecule has 3 N–H and O–H groups in total. The second-order valence-corrected chi connectivity index (χ2v) is 3.69. The molecule has 0 spiro atoms. The number of methoxy groups -OCH3 is 1. The predicted octanol–water partition coefficient (Wildman–Crippen LogP) is -0.958. The third-order valence-electron chi connectivity index (χ3n) is 2.42. The summed E-state index contributed by atoms with van der Waals surface area (Å²) < 4.78 is 4.65. The normalized spacial score (nSPS) is 11.8. The number of H-pyrrole nitrogens is 2. The highest BCUT2D eigenvalue weighted by atomic mass is 16.5. The van der Waals surface area contributed by atoms with E-state index in [2.05, 4.69) is 35.4 Å². The van der Waals surface area contributed by atoms with Crippen LogP contribution in [0.15, 0.2) is 18.7 Å². The SMILES string of the molecule is COC(=O)[C@H](Cc1cnc[nH]1)NC(=O)c1cn[nH]n1. The van der Waals surface area contributed by atoms with Crippen LogP contribution in [0, 0.1) is 0 Å². The number of rotatable bonds is 5. The van der Waals surface area contributed by atoms with Crippen molar-refractivity contribution in [3.63, 3.8) is 0 Å². The average molecular weight is 264 g/mol. The molecule has 0 unspecified atom stereocenters. The first kappa shape index (κ1) is 12.7. The minimum Gasteiger partial charge on any atom is -0.467 e. The Hall–Kier alpha value is -2.71. The molecule has 0 aliphatic carbocycles. The molecule has 0 saturated carbocycles. The number of aromatic nitrogens is 5. The highest BCUT2D eigenvalue weighted by molar-refractivity contribution is 5.94. The van der Waals surface area contributed by atoms with Gasteiger partial charge in [-0.05, 0) is 0 Å². The Morgan fingerprint density at radius 3 is 2.89 bits per heavy atom. The van der Waals surface area contributed by atoms with Crippen LogP contribution in [0.2, 0.25) is 0 Å². The minimum absolute atomic E-state index is 0.0958. The fourth-order valence-electron chi connectivity index (χ4n) is 1.49. The van der Waals surface area contributed by atoms with Gasteiger partial charge in [-0.15, -0.1) is 0 Å². The van der Waals surface area contributed by atoms with Crippen molar-refractivity contribution in [1.29, 1.82) is 0 Å². The molecule has 2 rings (SSSR count). The zero-order valence-corrected chi connectivity index (χ0v) is 10.1.